The van der Waals surface area contributed by atoms with E-state index in [4.69, 9.17) is 27.9 Å². The number of esters is 1. The summed E-state index contributed by atoms with van der Waals surface area (Å²) in [5.74, 6) is -0.227. The number of nitrogens with zero attached hydrogens (tertiary/aromatic N) is 2. The van der Waals surface area contributed by atoms with E-state index in [1.54, 1.807) is 6.07 Å². The zero-order valence-corrected chi connectivity index (χ0v) is 13.7. The van der Waals surface area contributed by atoms with Gasteiger partial charge in [-0.3, -0.25) is 9.48 Å². The van der Waals surface area contributed by atoms with Crippen LogP contribution in [-0.2, 0) is 28.9 Å². The first-order chi connectivity index (χ1) is 10.6. The number of benzene rings is 1. The minimum absolute atomic E-state index is 0.0817. The number of hydrogen-bond donors (Lipinski definition) is 0. The summed E-state index contributed by atoms with van der Waals surface area (Å²) in [5, 5.41) is 5.53. The number of hydrogen-bond acceptors (Lipinski definition) is 3. The van der Waals surface area contributed by atoms with Crippen LogP contribution in [0.1, 0.15) is 23.2 Å². The lowest BCUT2D eigenvalue weighted by molar-refractivity contribution is -0.145. The first-order valence-corrected chi connectivity index (χ1v) is 7.89. The normalized spacial score (nSPS) is 17.1. The third kappa shape index (κ3) is 2.99. The van der Waals surface area contributed by atoms with Gasteiger partial charge in [0.15, 0.2) is 0 Å². The van der Waals surface area contributed by atoms with Crippen LogP contribution in [0.25, 0.3) is 0 Å². The van der Waals surface area contributed by atoms with Gasteiger partial charge in [-0.1, -0.05) is 29.3 Å². The van der Waals surface area contributed by atoms with Crippen molar-refractivity contribution in [3.05, 3.63) is 51.3 Å². The van der Waals surface area contributed by atoms with Gasteiger partial charge in [0.05, 0.1) is 35.8 Å². The number of carbonyl (C=O) groups excluding carboxylic acids is 1. The van der Waals surface area contributed by atoms with Gasteiger partial charge in [0.25, 0.3) is 0 Å². The molecule has 1 aromatic carbocycles. The van der Waals surface area contributed by atoms with Crippen molar-refractivity contribution in [3.8, 4) is 0 Å². The number of rotatable bonds is 3. The van der Waals surface area contributed by atoms with E-state index < -0.39 is 0 Å². The van der Waals surface area contributed by atoms with Crippen LogP contribution in [-0.4, -0.2) is 22.9 Å². The molecule has 0 N–H and O–H groups in total. The summed E-state index contributed by atoms with van der Waals surface area (Å²) < 4.78 is 6.80. The lowest BCUT2D eigenvalue weighted by Crippen LogP contribution is -2.25. The Kier molecular flexibility index (Phi) is 4.41. The molecule has 1 aliphatic rings. The second-order valence-corrected chi connectivity index (χ2v) is 6.30. The van der Waals surface area contributed by atoms with Gasteiger partial charge in [-0.15, -0.1) is 0 Å². The summed E-state index contributed by atoms with van der Waals surface area (Å²) in [5.41, 5.74) is 3.34. The van der Waals surface area contributed by atoms with Crippen molar-refractivity contribution >= 4 is 29.2 Å². The lowest BCUT2D eigenvalue weighted by Gasteiger charge is -2.21. The second kappa shape index (κ2) is 6.31. The summed E-state index contributed by atoms with van der Waals surface area (Å²) in [6.07, 6.45) is 4.23. The molecule has 0 aliphatic heterocycles. The maximum absolute atomic E-state index is 11.8. The molecule has 22 heavy (non-hydrogen) atoms. The van der Waals surface area contributed by atoms with Crippen LogP contribution >= 0.6 is 23.2 Å². The van der Waals surface area contributed by atoms with E-state index in [-0.39, 0.29) is 11.9 Å². The van der Waals surface area contributed by atoms with Gasteiger partial charge in [-0.25, -0.2) is 0 Å². The Balaban J connectivity index is 1.83. The quantitative estimate of drug-likeness (QED) is 0.804. The summed E-state index contributed by atoms with van der Waals surface area (Å²) in [6.45, 7) is 0.611. The van der Waals surface area contributed by atoms with Gasteiger partial charge in [0.2, 0.25) is 0 Å². The zero-order valence-electron chi connectivity index (χ0n) is 12.2. The van der Waals surface area contributed by atoms with Crippen LogP contribution in [0.3, 0.4) is 0 Å². The van der Waals surface area contributed by atoms with E-state index in [1.165, 1.54) is 12.7 Å². The van der Waals surface area contributed by atoms with Crippen LogP contribution in [0.5, 0.6) is 0 Å². The second-order valence-electron chi connectivity index (χ2n) is 5.49. The predicted molar refractivity (Wildman–Crippen MR) is 85.3 cm³/mol. The molecule has 3 rings (SSSR count). The van der Waals surface area contributed by atoms with Crippen molar-refractivity contribution < 1.29 is 9.53 Å². The van der Waals surface area contributed by atoms with E-state index in [1.807, 2.05) is 23.0 Å². The number of fused-ring (bicyclic) bond motifs is 1. The third-order valence-electron chi connectivity index (χ3n) is 4.09. The first kappa shape index (κ1) is 15.4. The maximum atomic E-state index is 11.8. The van der Waals surface area contributed by atoms with E-state index in [0.29, 0.717) is 23.0 Å². The molecule has 2 aromatic rings. The molecule has 1 atom stereocenters. The van der Waals surface area contributed by atoms with Crippen molar-refractivity contribution in [3.63, 3.8) is 0 Å². The molecular weight excluding hydrogens is 323 g/mol. The van der Waals surface area contributed by atoms with Crippen LogP contribution in [0.2, 0.25) is 10.0 Å². The fourth-order valence-corrected chi connectivity index (χ4v) is 3.20. The molecule has 0 bridgehead atoms. The van der Waals surface area contributed by atoms with Crippen molar-refractivity contribution in [2.45, 2.75) is 25.8 Å². The molecular formula is C16H16Cl2N2O2. The third-order valence-corrected chi connectivity index (χ3v) is 4.83. The average Bonchev–Trinajstić information content (AvgIpc) is 2.92. The van der Waals surface area contributed by atoms with E-state index in [9.17, 15) is 4.79 Å². The highest BCUT2D eigenvalue weighted by Gasteiger charge is 2.28. The van der Waals surface area contributed by atoms with E-state index in [0.717, 1.165) is 24.1 Å². The van der Waals surface area contributed by atoms with Gasteiger partial charge in [-0.05, 0) is 36.1 Å². The van der Waals surface area contributed by atoms with Gasteiger partial charge < -0.3 is 4.74 Å². The summed E-state index contributed by atoms with van der Waals surface area (Å²) in [7, 11) is 1.44. The smallest absolute Gasteiger partial charge is 0.309 e. The Morgan fingerprint density at radius 2 is 2.23 bits per heavy atom. The highest BCUT2D eigenvalue weighted by Crippen LogP contribution is 2.28. The van der Waals surface area contributed by atoms with E-state index >= 15 is 0 Å². The highest BCUT2D eigenvalue weighted by molar-refractivity contribution is 6.42. The molecule has 0 fully saturated rings. The van der Waals surface area contributed by atoms with Gasteiger partial charge in [0, 0.05) is 12.1 Å². The molecule has 1 heterocycles. The Morgan fingerprint density at radius 1 is 1.41 bits per heavy atom. The van der Waals surface area contributed by atoms with Crippen molar-refractivity contribution in [1.82, 2.24) is 9.78 Å². The molecule has 0 spiro atoms. The minimum Gasteiger partial charge on any atom is -0.469 e. The van der Waals surface area contributed by atoms with Crippen LogP contribution < -0.4 is 0 Å². The first-order valence-electron chi connectivity index (χ1n) is 7.14. The number of methoxy groups -OCH3 is 1. The molecule has 116 valence electrons. The van der Waals surface area contributed by atoms with Crippen molar-refractivity contribution in [1.29, 1.82) is 0 Å². The Morgan fingerprint density at radius 3 is 2.95 bits per heavy atom. The number of ether oxygens (including phenoxy) is 1. The largest absolute Gasteiger partial charge is 0.469 e. The van der Waals surface area contributed by atoms with Gasteiger partial charge in [0.1, 0.15) is 0 Å². The molecule has 1 aliphatic carbocycles. The van der Waals surface area contributed by atoms with E-state index in [2.05, 4.69) is 5.10 Å². The fraction of sp³-hybridized carbons (Fsp3) is 0.375. The topological polar surface area (TPSA) is 44.1 Å². The number of carbonyl (C=O) groups is 1. The monoisotopic (exact) mass is 338 g/mol. The summed E-state index contributed by atoms with van der Waals surface area (Å²) in [6, 6.07) is 5.56. The molecule has 1 aromatic heterocycles. The Hall–Kier alpha value is -1.52. The Bertz CT molecular complexity index is 712. The van der Waals surface area contributed by atoms with Gasteiger partial charge >= 0.3 is 5.97 Å². The molecule has 0 saturated carbocycles. The number of halogens is 2. The van der Waals surface area contributed by atoms with Crippen molar-refractivity contribution in [2.24, 2.45) is 5.92 Å². The lowest BCUT2D eigenvalue weighted by atomic mass is 9.88. The SMILES string of the molecule is COC(=O)[C@@H]1CCc2cnn(Cc3ccc(Cl)c(Cl)c3)c2C1. The molecule has 0 radical (unpaired) electrons. The fourth-order valence-electron chi connectivity index (χ4n) is 2.87. The maximum Gasteiger partial charge on any atom is 0.309 e. The zero-order chi connectivity index (χ0) is 15.7. The molecule has 0 amide bonds. The summed E-state index contributed by atoms with van der Waals surface area (Å²) >= 11 is 12.0. The standard InChI is InChI=1S/C16H16Cl2N2O2/c1-22-16(21)11-3-4-12-8-19-20(15(12)7-11)9-10-2-5-13(17)14(18)6-10/h2,5-6,8,11H,3-4,7,9H2,1H3/t11-/m1/s1. The molecule has 0 unspecified atom stereocenters. The van der Waals surface area contributed by atoms with Crippen molar-refractivity contribution in [2.75, 3.05) is 7.11 Å². The average molecular weight is 339 g/mol. The highest BCUT2D eigenvalue weighted by atomic mass is 35.5. The van der Waals surface area contributed by atoms with Gasteiger partial charge in [-0.2, -0.15) is 5.10 Å². The minimum atomic E-state index is -0.145. The number of aryl methyl sites for hydroxylation is 1. The Labute approximate surface area is 139 Å². The predicted octanol–water partition coefficient (Wildman–Crippen LogP) is 3.52. The van der Waals surface area contributed by atoms with Crippen LogP contribution in [0.4, 0.5) is 0 Å². The van der Waals surface area contributed by atoms with Crippen LogP contribution in [0, 0.1) is 5.92 Å². The van der Waals surface area contributed by atoms with Crippen LogP contribution in [0.15, 0.2) is 24.4 Å². The molecule has 0 saturated heterocycles. The molecule has 4 nitrogen and oxygen atoms in total. The summed E-state index contributed by atoms with van der Waals surface area (Å²) in [4.78, 5) is 11.8. The number of aromatic nitrogens is 2. The molecule has 6 heteroatoms.